The van der Waals surface area contributed by atoms with Crippen LogP contribution in [0.3, 0.4) is 0 Å². The molecule has 1 fully saturated rings. The fraction of sp³-hybridized carbons (Fsp3) is 0.105. The highest BCUT2D eigenvalue weighted by Gasteiger charge is 2.36. The molecule has 2 N–H and O–H groups in total. The zero-order valence-electron chi connectivity index (χ0n) is 15.5. The van der Waals surface area contributed by atoms with Gasteiger partial charge >= 0.3 is 0 Å². The van der Waals surface area contributed by atoms with Crippen LogP contribution in [0.1, 0.15) is 5.56 Å². The molecule has 3 rings (SSSR count). The van der Waals surface area contributed by atoms with Crippen LogP contribution in [0, 0.1) is 10.1 Å². The van der Waals surface area contributed by atoms with Crippen molar-refractivity contribution in [3.63, 3.8) is 0 Å². The number of methoxy groups -OCH3 is 1. The summed E-state index contributed by atoms with van der Waals surface area (Å²) in [5.41, 5.74) is 0.0799. The lowest BCUT2D eigenvalue weighted by Gasteiger charge is -2.12. The minimum absolute atomic E-state index is 0.0692. The van der Waals surface area contributed by atoms with Crippen LogP contribution in [0.15, 0.2) is 47.4 Å². The lowest BCUT2D eigenvalue weighted by atomic mass is 10.1. The average molecular weight is 429 g/mol. The number of anilines is 1. The number of hydrogen-bond donors (Lipinski definition) is 2. The molecule has 3 amide bonds. The van der Waals surface area contributed by atoms with E-state index in [1.165, 1.54) is 7.11 Å². The van der Waals surface area contributed by atoms with Crippen molar-refractivity contribution in [1.82, 2.24) is 4.90 Å². The number of aromatic hydroxyl groups is 1. The van der Waals surface area contributed by atoms with Gasteiger partial charge in [-0.25, -0.2) is 0 Å². The van der Waals surface area contributed by atoms with E-state index in [0.717, 1.165) is 23.1 Å². The Morgan fingerprint density at radius 3 is 2.63 bits per heavy atom. The summed E-state index contributed by atoms with van der Waals surface area (Å²) in [5, 5.41) is 23.2. The second-order valence-electron chi connectivity index (χ2n) is 6.03. The summed E-state index contributed by atoms with van der Waals surface area (Å²) in [4.78, 5) is 48.0. The first kappa shape index (κ1) is 20.9. The number of hydrogen-bond acceptors (Lipinski definition) is 8. The van der Waals surface area contributed by atoms with Gasteiger partial charge in [-0.15, -0.1) is 0 Å². The number of para-hydroxylation sites is 1. The summed E-state index contributed by atoms with van der Waals surface area (Å²) in [6, 6.07) is 10.6. The fourth-order valence-corrected chi connectivity index (χ4v) is 3.46. The van der Waals surface area contributed by atoms with Crippen molar-refractivity contribution in [1.29, 1.82) is 0 Å². The Hall–Kier alpha value is -3.86. The van der Waals surface area contributed by atoms with E-state index in [1.54, 1.807) is 30.3 Å². The quantitative estimate of drug-likeness (QED) is 0.406. The van der Waals surface area contributed by atoms with Gasteiger partial charge in [0, 0.05) is 17.3 Å². The minimum Gasteiger partial charge on any atom is -0.504 e. The van der Waals surface area contributed by atoms with Crippen LogP contribution in [0.4, 0.5) is 16.2 Å². The largest absolute Gasteiger partial charge is 0.504 e. The molecule has 10 nitrogen and oxygen atoms in total. The molecule has 11 heteroatoms. The number of benzene rings is 2. The van der Waals surface area contributed by atoms with Crippen LogP contribution < -0.4 is 10.1 Å². The van der Waals surface area contributed by atoms with Gasteiger partial charge in [-0.05, 0) is 30.0 Å². The van der Waals surface area contributed by atoms with Crippen LogP contribution in [0.2, 0.25) is 0 Å². The number of amides is 3. The number of rotatable bonds is 6. The van der Waals surface area contributed by atoms with Gasteiger partial charge in [0.05, 0.1) is 23.0 Å². The Morgan fingerprint density at radius 1 is 1.30 bits per heavy atom. The zero-order valence-corrected chi connectivity index (χ0v) is 16.3. The van der Waals surface area contributed by atoms with E-state index in [-0.39, 0.29) is 21.9 Å². The third-order valence-corrected chi connectivity index (χ3v) is 4.95. The van der Waals surface area contributed by atoms with Crippen molar-refractivity contribution in [2.45, 2.75) is 0 Å². The number of phenolic OH excluding ortho intramolecular Hbond substituents is 1. The van der Waals surface area contributed by atoms with E-state index in [1.807, 2.05) is 0 Å². The fourth-order valence-electron chi connectivity index (χ4n) is 2.63. The third-order valence-electron chi connectivity index (χ3n) is 4.04. The van der Waals surface area contributed by atoms with Gasteiger partial charge in [0.25, 0.3) is 16.8 Å². The molecule has 0 saturated carbocycles. The van der Waals surface area contributed by atoms with Crippen molar-refractivity contribution >= 4 is 46.3 Å². The van der Waals surface area contributed by atoms with Gasteiger partial charge in [-0.3, -0.25) is 29.4 Å². The second kappa shape index (κ2) is 8.66. The minimum atomic E-state index is -0.752. The van der Waals surface area contributed by atoms with Crippen molar-refractivity contribution in [2.24, 2.45) is 0 Å². The molecule has 154 valence electrons. The molecular formula is C19H15N3O7S. The van der Waals surface area contributed by atoms with Gasteiger partial charge in [0.1, 0.15) is 6.54 Å². The molecule has 1 aliphatic heterocycles. The summed E-state index contributed by atoms with van der Waals surface area (Å²) in [6.45, 7) is -0.499. The molecule has 0 spiro atoms. The van der Waals surface area contributed by atoms with E-state index in [2.05, 4.69) is 5.32 Å². The lowest BCUT2D eigenvalue weighted by molar-refractivity contribution is -0.385. The number of nitro groups is 1. The van der Waals surface area contributed by atoms with Crippen LogP contribution >= 0.6 is 11.8 Å². The van der Waals surface area contributed by atoms with Gasteiger partial charge < -0.3 is 15.2 Å². The SMILES string of the molecule is COc1cc([N+](=O)[O-])cc(/C=C2\SC(=O)N(CC(=O)Nc3ccccc3)C2=O)c1O. The number of phenols is 1. The van der Waals surface area contributed by atoms with Gasteiger partial charge in [0.15, 0.2) is 11.5 Å². The standard InChI is InChI=1S/C19H15N3O7S/c1-29-14-9-13(22(27)28)7-11(17(14)24)8-15-18(25)21(19(26)30-15)10-16(23)20-12-5-3-2-4-6-12/h2-9,24H,10H2,1H3,(H,20,23)/b15-8-. The normalized spacial score (nSPS) is 14.8. The summed E-state index contributed by atoms with van der Waals surface area (Å²) < 4.78 is 4.91. The lowest BCUT2D eigenvalue weighted by Crippen LogP contribution is -2.36. The van der Waals surface area contributed by atoms with Gasteiger partial charge in [-0.1, -0.05) is 18.2 Å². The predicted molar refractivity (Wildman–Crippen MR) is 109 cm³/mol. The van der Waals surface area contributed by atoms with Crippen LogP contribution in [-0.2, 0) is 9.59 Å². The molecule has 30 heavy (non-hydrogen) atoms. The van der Waals surface area contributed by atoms with Crippen LogP contribution in [-0.4, -0.2) is 45.6 Å². The number of carbonyl (C=O) groups excluding carboxylic acids is 3. The Morgan fingerprint density at radius 2 is 2.00 bits per heavy atom. The molecule has 0 bridgehead atoms. The monoisotopic (exact) mass is 429 g/mol. The molecule has 0 aromatic heterocycles. The molecule has 1 heterocycles. The average Bonchev–Trinajstić information content (AvgIpc) is 2.97. The van der Waals surface area contributed by atoms with Gasteiger partial charge in [-0.2, -0.15) is 0 Å². The molecule has 0 radical (unpaired) electrons. The molecule has 1 saturated heterocycles. The molecule has 1 aliphatic rings. The van der Waals surface area contributed by atoms with Crippen molar-refractivity contribution in [3.05, 3.63) is 63.0 Å². The van der Waals surface area contributed by atoms with E-state index < -0.39 is 34.3 Å². The number of thioether (sulfide) groups is 1. The Labute approximate surface area is 174 Å². The molecule has 2 aromatic rings. The van der Waals surface area contributed by atoms with Crippen LogP contribution in [0.5, 0.6) is 11.5 Å². The number of nitro benzene ring substituents is 1. The number of imide groups is 1. The third kappa shape index (κ3) is 4.41. The highest BCUT2D eigenvalue weighted by atomic mass is 32.2. The summed E-state index contributed by atoms with van der Waals surface area (Å²) in [6.07, 6.45) is 1.14. The zero-order chi connectivity index (χ0) is 21.8. The Kier molecular flexibility index (Phi) is 6.02. The van der Waals surface area contributed by atoms with E-state index in [4.69, 9.17) is 4.74 Å². The maximum atomic E-state index is 12.6. The topological polar surface area (TPSA) is 139 Å². The first-order valence-corrected chi connectivity index (χ1v) is 9.27. The van der Waals surface area contributed by atoms with Crippen molar-refractivity contribution in [3.8, 4) is 11.5 Å². The van der Waals surface area contributed by atoms with E-state index >= 15 is 0 Å². The summed E-state index contributed by atoms with van der Waals surface area (Å²) >= 11 is 0.558. The molecule has 0 unspecified atom stereocenters. The van der Waals surface area contributed by atoms with E-state index in [9.17, 15) is 29.6 Å². The predicted octanol–water partition coefficient (Wildman–Crippen LogP) is 2.98. The molecule has 2 aromatic carbocycles. The number of nitrogens with one attached hydrogen (secondary N) is 1. The molecule has 0 atom stereocenters. The summed E-state index contributed by atoms with van der Waals surface area (Å²) in [7, 11) is 1.22. The highest BCUT2D eigenvalue weighted by molar-refractivity contribution is 8.18. The molecule has 0 aliphatic carbocycles. The highest BCUT2D eigenvalue weighted by Crippen LogP contribution is 2.39. The van der Waals surface area contributed by atoms with E-state index in [0.29, 0.717) is 17.4 Å². The smallest absolute Gasteiger partial charge is 0.294 e. The maximum absolute atomic E-state index is 12.6. The Bertz CT molecular complexity index is 1070. The van der Waals surface area contributed by atoms with Crippen molar-refractivity contribution < 1.29 is 29.2 Å². The number of nitrogens with zero attached hydrogens (tertiary/aromatic N) is 2. The summed E-state index contributed by atoms with van der Waals surface area (Å²) in [5.74, 6) is -1.89. The first-order chi connectivity index (χ1) is 14.3. The Balaban J connectivity index is 1.82. The first-order valence-electron chi connectivity index (χ1n) is 8.46. The van der Waals surface area contributed by atoms with Crippen molar-refractivity contribution in [2.75, 3.05) is 19.0 Å². The maximum Gasteiger partial charge on any atom is 0.294 e. The van der Waals surface area contributed by atoms with Gasteiger partial charge in [0.2, 0.25) is 5.91 Å². The number of ether oxygens (including phenoxy) is 1. The second-order valence-corrected chi connectivity index (χ2v) is 7.02. The molecular weight excluding hydrogens is 414 g/mol. The van der Waals surface area contributed by atoms with Crippen LogP contribution in [0.25, 0.3) is 6.08 Å². The number of non-ortho nitro benzene ring substituents is 1. The number of carbonyl (C=O) groups is 3.